The Morgan fingerprint density at radius 3 is 2.58 bits per heavy atom. The van der Waals surface area contributed by atoms with Gasteiger partial charge in [-0.2, -0.15) is 0 Å². The fourth-order valence-corrected chi connectivity index (χ4v) is 6.99. The summed E-state index contributed by atoms with van der Waals surface area (Å²) in [5.41, 5.74) is 1.84. The Hall–Kier alpha value is -2.21. The summed E-state index contributed by atoms with van der Waals surface area (Å²) in [4.78, 5) is 32.5. The van der Waals surface area contributed by atoms with E-state index in [9.17, 15) is 9.59 Å². The molecule has 2 heterocycles. The summed E-state index contributed by atoms with van der Waals surface area (Å²) in [5.74, 6) is 0.633. The highest BCUT2D eigenvalue weighted by Crippen LogP contribution is 2.38. The average molecular weight is 729 g/mol. The molecule has 3 aromatic rings. The van der Waals surface area contributed by atoms with E-state index in [1.807, 2.05) is 31.2 Å². The number of allylic oxidation sites excluding steroid dienone is 1. The summed E-state index contributed by atoms with van der Waals surface area (Å²) >= 11 is 11.8. The minimum Gasteiger partial charge on any atom is -0.496 e. The number of rotatable bonds is 7. The number of carbonyl (C=O) groups excluding carboxylic acids is 1. The van der Waals surface area contributed by atoms with E-state index in [-0.39, 0.29) is 17.2 Å². The highest BCUT2D eigenvalue weighted by atomic mass is 79.9. The van der Waals surface area contributed by atoms with Crippen LogP contribution >= 0.6 is 59.1 Å². The monoisotopic (exact) mass is 726 g/mol. The fourth-order valence-electron chi connectivity index (χ4n) is 4.20. The molecule has 0 amide bonds. The van der Waals surface area contributed by atoms with Crippen molar-refractivity contribution in [1.82, 2.24) is 4.57 Å². The smallest absolute Gasteiger partial charge is 0.338 e. The molecule has 200 valence electrons. The van der Waals surface area contributed by atoms with E-state index in [1.54, 1.807) is 40.0 Å². The predicted octanol–water partition coefficient (Wildman–Crippen LogP) is 5.88. The molecule has 1 aromatic heterocycles. The number of aromatic nitrogens is 1. The summed E-state index contributed by atoms with van der Waals surface area (Å²) < 4.78 is 21.5. The van der Waals surface area contributed by atoms with Gasteiger partial charge in [-0.1, -0.05) is 43.2 Å². The number of nitrogens with zero attached hydrogens (tertiary/aromatic N) is 2. The van der Waals surface area contributed by atoms with Crippen LogP contribution in [0.5, 0.6) is 11.5 Å². The minimum absolute atomic E-state index is 0.286. The van der Waals surface area contributed by atoms with Gasteiger partial charge in [-0.3, -0.25) is 9.36 Å². The first-order valence-electron chi connectivity index (χ1n) is 11.7. The zero-order chi connectivity index (χ0) is 27.7. The van der Waals surface area contributed by atoms with Gasteiger partial charge in [0.2, 0.25) is 0 Å². The number of carbonyl (C=O) groups is 1. The van der Waals surface area contributed by atoms with Crippen LogP contribution in [0.15, 0.2) is 64.8 Å². The van der Waals surface area contributed by atoms with E-state index < -0.39 is 12.0 Å². The van der Waals surface area contributed by atoms with Gasteiger partial charge in [0.05, 0.1) is 40.1 Å². The molecule has 0 aliphatic carbocycles. The van der Waals surface area contributed by atoms with Crippen LogP contribution in [0.2, 0.25) is 0 Å². The number of methoxy groups -OCH3 is 1. The highest BCUT2D eigenvalue weighted by Gasteiger charge is 2.35. The summed E-state index contributed by atoms with van der Waals surface area (Å²) in [7, 11) is 1.56. The minimum atomic E-state index is -0.798. The zero-order valence-electron chi connectivity index (χ0n) is 21.3. The van der Waals surface area contributed by atoms with Crippen LogP contribution in [0.3, 0.4) is 0 Å². The van der Waals surface area contributed by atoms with Gasteiger partial charge < -0.3 is 14.2 Å². The van der Waals surface area contributed by atoms with Gasteiger partial charge in [-0.15, -0.1) is 0 Å². The predicted molar refractivity (Wildman–Crippen MR) is 159 cm³/mol. The topological polar surface area (TPSA) is 79.1 Å². The first-order valence-corrected chi connectivity index (χ1v) is 14.9. The van der Waals surface area contributed by atoms with E-state index >= 15 is 0 Å². The third kappa shape index (κ3) is 5.71. The molecule has 0 saturated carbocycles. The van der Waals surface area contributed by atoms with Gasteiger partial charge in [-0.25, -0.2) is 9.79 Å². The van der Waals surface area contributed by atoms with Crippen LogP contribution in [-0.4, -0.2) is 30.4 Å². The Morgan fingerprint density at radius 2 is 1.92 bits per heavy atom. The molecule has 11 heteroatoms. The van der Waals surface area contributed by atoms with Gasteiger partial charge in [0.25, 0.3) is 5.56 Å². The maximum atomic E-state index is 14.0. The van der Waals surface area contributed by atoms with Crippen molar-refractivity contribution in [2.24, 2.45) is 4.99 Å². The highest BCUT2D eigenvalue weighted by molar-refractivity contribution is 9.11. The van der Waals surface area contributed by atoms with E-state index in [2.05, 4.69) is 52.8 Å². The molecular weight excluding hydrogens is 704 g/mol. The van der Waals surface area contributed by atoms with E-state index in [0.717, 1.165) is 19.0 Å². The first kappa shape index (κ1) is 28.8. The molecule has 7 nitrogen and oxygen atoms in total. The third-order valence-corrected chi connectivity index (χ3v) is 8.21. The van der Waals surface area contributed by atoms with Crippen LogP contribution < -0.4 is 24.4 Å². The van der Waals surface area contributed by atoms with Gasteiger partial charge in [0.15, 0.2) is 4.80 Å². The van der Waals surface area contributed by atoms with E-state index in [4.69, 9.17) is 14.2 Å². The Balaban J connectivity index is 2.03. The molecule has 0 saturated heterocycles. The first-order chi connectivity index (χ1) is 18.0. The van der Waals surface area contributed by atoms with Crippen molar-refractivity contribution in [3.8, 4) is 11.5 Å². The van der Waals surface area contributed by atoms with Crippen molar-refractivity contribution in [3.63, 3.8) is 0 Å². The van der Waals surface area contributed by atoms with Crippen molar-refractivity contribution in [1.29, 1.82) is 0 Å². The van der Waals surface area contributed by atoms with Crippen LogP contribution in [-0.2, 0) is 9.53 Å². The van der Waals surface area contributed by atoms with Gasteiger partial charge in [0.1, 0.15) is 17.5 Å². The maximum absolute atomic E-state index is 14.0. The number of thiazole rings is 1. The molecule has 2 aromatic carbocycles. The number of benzene rings is 2. The molecule has 0 radical (unpaired) electrons. The Labute approximate surface area is 249 Å². The number of fused-ring (bicyclic) bond motifs is 1. The summed E-state index contributed by atoms with van der Waals surface area (Å²) in [6.07, 6.45) is 1.44. The van der Waals surface area contributed by atoms with Crippen molar-refractivity contribution in [2.75, 3.05) is 13.7 Å². The molecule has 0 fully saturated rings. The average Bonchev–Trinajstić information content (AvgIpc) is 3.14. The number of ether oxygens (including phenoxy) is 3. The lowest BCUT2D eigenvalue weighted by Gasteiger charge is -2.26. The van der Waals surface area contributed by atoms with Gasteiger partial charge >= 0.3 is 5.97 Å². The van der Waals surface area contributed by atoms with E-state index in [1.165, 1.54) is 15.9 Å². The maximum Gasteiger partial charge on any atom is 0.338 e. The second kappa shape index (κ2) is 11.9. The van der Waals surface area contributed by atoms with Crippen LogP contribution in [0.1, 0.15) is 44.9 Å². The van der Waals surface area contributed by atoms with Crippen molar-refractivity contribution in [3.05, 3.63) is 85.8 Å². The lowest BCUT2D eigenvalue weighted by atomic mass is 9.95. The van der Waals surface area contributed by atoms with Gasteiger partial charge in [0, 0.05) is 20.1 Å². The van der Waals surface area contributed by atoms with Crippen LogP contribution in [0, 0.1) is 0 Å². The standard InChI is InChI=1S/C27H25Br3N2O5S/c1-6-36-24-15(9-17(29)12-19(24)30)10-21-25(33)32-23(18-11-16(28)7-8-20(18)35-5)22(26(34)37-13(2)3)14(4)31-27(32)38-21/h7-13,23H,6H2,1-5H3/b21-10-/t23-/m1/s1. The number of hydrogen-bond donors (Lipinski definition) is 0. The molecule has 1 atom stereocenters. The number of halogens is 3. The van der Waals surface area contributed by atoms with Crippen molar-refractivity contribution >= 4 is 71.2 Å². The summed E-state index contributed by atoms with van der Waals surface area (Å²) in [6, 6.07) is 8.46. The largest absolute Gasteiger partial charge is 0.496 e. The third-order valence-electron chi connectivity index (χ3n) is 5.68. The molecule has 1 aliphatic rings. The SMILES string of the molecule is CCOc1c(Br)cc(Br)cc1/C=c1\sc2n(c1=O)[C@H](c1cc(Br)ccc1OC)C(C(=O)OC(C)C)=C(C)N=2. The lowest BCUT2D eigenvalue weighted by molar-refractivity contribution is -0.143. The van der Waals surface area contributed by atoms with E-state index in [0.29, 0.717) is 38.7 Å². The Morgan fingerprint density at radius 1 is 1.18 bits per heavy atom. The number of esters is 1. The fraction of sp³-hybridized carbons (Fsp3) is 0.296. The van der Waals surface area contributed by atoms with Crippen molar-refractivity contribution in [2.45, 2.75) is 39.8 Å². The molecule has 0 bridgehead atoms. The van der Waals surface area contributed by atoms with Crippen LogP contribution in [0.4, 0.5) is 0 Å². The second-order valence-electron chi connectivity index (χ2n) is 8.66. The zero-order valence-corrected chi connectivity index (χ0v) is 26.9. The molecule has 0 unspecified atom stereocenters. The molecule has 0 N–H and O–H groups in total. The molecule has 0 spiro atoms. The quantitative estimate of drug-likeness (QED) is 0.284. The van der Waals surface area contributed by atoms with Crippen LogP contribution in [0.25, 0.3) is 6.08 Å². The lowest BCUT2D eigenvalue weighted by Crippen LogP contribution is -2.40. The van der Waals surface area contributed by atoms with Gasteiger partial charge in [-0.05, 0) is 80.0 Å². The van der Waals surface area contributed by atoms with Crippen molar-refractivity contribution < 1.29 is 19.0 Å². The summed E-state index contributed by atoms with van der Waals surface area (Å²) in [6.45, 7) is 7.68. The molecule has 38 heavy (non-hydrogen) atoms. The Bertz CT molecular complexity index is 1620. The normalized spacial score (nSPS) is 15.4. The summed E-state index contributed by atoms with van der Waals surface area (Å²) in [5, 5.41) is 0. The Kier molecular flexibility index (Phi) is 9.01. The molecule has 1 aliphatic heterocycles. The molecule has 4 rings (SSSR count). The molecular formula is C27H25Br3N2O5S. The number of hydrogen-bond acceptors (Lipinski definition) is 7. The second-order valence-corrected chi connectivity index (χ2v) is 12.4.